The molecule has 1 N–H and O–H groups in total. The molecular weight excluding hydrogens is 326 g/mol. The second-order valence-electron chi connectivity index (χ2n) is 6.37. The van der Waals surface area contributed by atoms with Crippen LogP contribution in [0.4, 0.5) is 11.5 Å². The van der Waals surface area contributed by atoms with Crippen molar-refractivity contribution >= 4 is 44.7 Å². The fraction of sp³-hybridized carbons (Fsp3) is 0.333. The number of thiophene rings is 1. The summed E-state index contributed by atoms with van der Waals surface area (Å²) in [4.78, 5) is 11.4. The van der Waals surface area contributed by atoms with E-state index in [1.165, 1.54) is 22.4 Å². The van der Waals surface area contributed by atoms with E-state index in [1.54, 1.807) is 11.3 Å². The van der Waals surface area contributed by atoms with Crippen LogP contribution in [-0.4, -0.2) is 9.97 Å². The smallest absolute Gasteiger partial charge is 0.225 e. The van der Waals surface area contributed by atoms with Gasteiger partial charge >= 0.3 is 0 Å². The van der Waals surface area contributed by atoms with E-state index >= 15 is 0 Å². The summed E-state index contributed by atoms with van der Waals surface area (Å²) >= 11 is 7.93. The number of benzene rings is 1. The first-order valence-corrected chi connectivity index (χ1v) is 9.11. The molecule has 0 saturated carbocycles. The average Bonchev–Trinajstić information content (AvgIpc) is 2.84. The Bertz CT molecular complexity index is 887. The molecule has 0 fully saturated rings. The molecule has 5 heteroatoms. The van der Waals surface area contributed by atoms with E-state index in [1.807, 2.05) is 6.07 Å². The van der Waals surface area contributed by atoms with Crippen molar-refractivity contribution < 1.29 is 0 Å². The summed E-state index contributed by atoms with van der Waals surface area (Å²) in [6, 6.07) is 8.29. The third-order valence-electron chi connectivity index (χ3n) is 4.41. The molecule has 4 rings (SSSR count). The van der Waals surface area contributed by atoms with Crippen LogP contribution in [0.5, 0.6) is 0 Å². The molecule has 2 aromatic heterocycles. The quantitative estimate of drug-likeness (QED) is 0.622. The van der Waals surface area contributed by atoms with Crippen LogP contribution in [0.2, 0.25) is 5.28 Å². The van der Waals surface area contributed by atoms with E-state index in [-0.39, 0.29) is 0 Å². The number of aromatic nitrogens is 2. The molecule has 1 atom stereocenters. The number of fused-ring (bicyclic) bond motifs is 3. The molecule has 118 valence electrons. The van der Waals surface area contributed by atoms with Crippen molar-refractivity contribution in [2.45, 2.75) is 33.1 Å². The number of nitrogens with zero attached hydrogens (tertiary/aromatic N) is 2. The van der Waals surface area contributed by atoms with Gasteiger partial charge in [-0.3, -0.25) is 0 Å². The number of rotatable bonds is 2. The lowest BCUT2D eigenvalue weighted by atomic mass is 9.89. The van der Waals surface area contributed by atoms with Crippen molar-refractivity contribution in [1.82, 2.24) is 9.97 Å². The second kappa shape index (κ2) is 5.77. The topological polar surface area (TPSA) is 37.8 Å². The maximum absolute atomic E-state index is 6.16. The molecule has 3 nitrogen and oxygen atoms in total. The molecular formula is C18H18ClN3S. The van der Waals surface area contributed by atoms with Crippen LogP contribution in [0.15, 0.2) is 24.3 Å². The van der Waals surface area contributed by atoms with Crippen molar-refractivity contribution in [1.29, 1.82) is 0 Å². The number of anilines is 2. The highest BCUT2D eigenvalue weighted by Gasteiger charge is 2.23. The number of nitrogens with one attached hydrogen (secondary N) is 1. The summed E-state index contributed by atoms with van der Waals surface area (Å²) < 4.78 is 0. The van der Waals surface area contributed by atoms with Gasteiger partial charge in [0, 0.05) is 10.6 Å². The molecule has 2 heterocycles. The predicted molar refractivity (Wildman–Crippen MR) is 98.1 cm³/mol. The average molecular weight is 344 g/mol. The van der Waals surface area contributed by atoms with Gasteiger partial charge in [-0.15, -0.1) is 11.3 Å². The first-order valence-electron chi connectivity index (χ1n) is 7.91. The van der Waals surface area contributed by atoms with Crippen LogP contribution in [0.1, 0.15) is 29.3 Å². The largest absolute Gasteiger partial charge is 0.340 e. The van der Waals surface area contributed by atoms with Gasteiger partial charge in [0.05, 0.1) is 5.39 Å². The summed E-state index contributed by atoms with van der Waals surface area (Å²) in [7, 11) is 0. The predicted octanol–water partition coefficient (Wildman–Crippen LogP) is 5.52. The maximum atomic E-state index is 6.16. The minimum absolute atomic E-state index is 0.305. The van der Waals surface area contributed by atoms with Gasteiger partial charge < -0.3 is 5.32 Å². The van der Waals surface area contributed by atoms with E-state index in [0.29, 0.717) is 5.28 Å². The lowest BCUT2D eigenvalue weighted by molar-refractivity contribution is 0.509. The SMILES string of the molecule is Cc1cccc(Nc2nc(Cl)nc3sc4c(c23)CCC(C)C4)c1. The Morgan fingerprint density at radius 2 is 2.17 bits per heavy atom. The Morgan fingerprint density at radius 3 is 3.00 bits per heavy atom. The van der Waals surface area contributed by atoms with E-state index in [0.717, 1.165) is 40.5 Å². The first-order chi connectivity index (χ1) is 11.1. The molecule has 0 amide bonds. The van der Waals surface area contributed by atoms with Crippen LogP contribution in [0.3, 0.4) is 0 Å². The van der Waals surface area contributed by atoms with E-state index < -0.39 is 0 Å². The Kier molecular flexibility index (Phi) is 3.74. The third-order valence-corrected chi connectivity index (χ3v) is 5.73. The summed E-state index contributed by atoms with van der Waals surface area (Å²) in [6.07, 6.45) is 3.47. The third kappa shape index (κ3) is 2.81. The van der Waals surface area contributed by atoms with Crippen molar-refractivity contribution in [3.8, 4) is 0 Å². The molecule has 1 aliphatic rings. The Morgan fingerprint density at radius 1 is 1.30 bits per heavy atom. The molecule has 0 radical (unpaired) electrons. The van der Waals surface area contributed by atoms with Gasteiger partial charge in [-0.25, -0.2) is 4.98 Å². The van der Waals surface area contributed by atoms with Gasteiger partial charge in [-0.05, 0) is 67.0 Å². The van der Waals surface area contributed by atoms with E-state index in [4.69, 9.17) is 11.6 Å². The van der Waals surface area contributed by atoms with Crippen molar-refractivity contribution in [3.63, 3.8) is 0 Å². The van der Waals surface area contributed by atoms with Crippen molar-refractivity contribution in [2.24, 2.45) is 5.92 Å². The normalized spacial score (nSPS) is 17.3. The first kappa shape index (κ1) is 14.9. The molecule has 1 unspecified atom stereocenters. The highest BCUT2D eigenvalue weighted by molar-refractivity contribution is 7.19. The van der Waals surface area contributed by atoms with Crippen molar-refractivity contribution in [2.75, 3.05) is 5.32 Å². The molecule has 1 aliphatic carbocycles. The summed E-state index contributed by atoms with van der Waals surface area (Å²) in [6.45, 7) is 4.40. The zero-order chi connectivity index (χ0) is 16.0. The van der Waals surface area contributed by atoms with Gasteiger partial charge in [-0.1, -0.05) is 19.1 Å². The number of hydrogen-bond donors (Lipinski definition) is 1. The van der Waals surface area contributed by atoms with Crippen LogP contribution < -0.4 is 5.32 Å². The minimum atomic E-state index is 0.305. The molecule has 23 heavy (non-hydrogen) atoms. The van der Waals surface area contributed by atoms with Gasteiger partial charge in [0.1, 0.15) is 10.6 Å². The fourth-order valence-corrected chi connectivity index (χ4v) is 4.87. The van der Waals surface area contributed by atoms with E-state index in [9.17, 15) is 0 Å². The minimum Gasteiger partial charge on any atom is -0.340 e. The van der Waals surface area contributed by atoms with Crippen LogP contribution in [0.25, 0.3) is 10.2 Å². The van der Waals surface area contributed by atoms with Gasteiger partial charge in [0.25, 0.3) is 0 Å². The number of halogens is 1. The summed E-state index contributed by atoms with van der Waals surface area (Å²) in [5.41, 5.74) is 3.66. The van der Waals surface area contributed by atoms with Gasteiger partial charge in [0.2, 0.25) is 5.28 Å². The van der Waals surface area contributed by atoms with Gasteiger partial charge in [-0.2, -0.15) is 4.98 Å². The Balaban J connectivity index is 1.85. The highest BCUT2D eigenvalue weighted by atomic mass is 35.5. The van der Waals surface area contributed by atoms with Crippen LogP contribution in [0, 0.1) is 12.8 Å². The van der Waals surface area contributed by atoms with Gasteiger partial charge in [0.15, 0.2) is 0 Å². The molecule has 0 spiro atoms. The zero-order valence-electron chi connectivity index (χ0n) is 13.2. The zero-order valence-corrected chi connectivity index (χ0v) is 14.8. The van der Waals surface area contributed by atoms with Crippen LogP contribution in [-0.2, 0) is 12.8 Å². The maximum Gasteiger partial charge on any atom is 0.225 e. The number of hydrogen-bond acceptors (Lipinski definition) is 4. The molecule has 0 saturated heterocycles. The lowest BCUT2D eigenvalue weighted by Crippen LogP contribution is -2.09. The number of aryl methyl sites for hydroxylation is 2. The molecule has 1 aromatic carbocycles. The fourth-order valence-electron chi connectivity index (χ4n) is 3.27. The lowest BCUT2D eigenvalue weighted by Gasteiger charge is -2.18. The van der Waals surface area contributed by atoms with Crippen molar-refractivity contribution in [3.05, 3.63) is 45.6 Å². The molecule has 3 aromatic rings. The standard InChI is InChI=1S/C18H18ClN3S/c1-10-4-3-5-12(8-10)20-16-15-13-7-6-11(2)9-14(13)23-17(15)22-18(19)21-16/h3-5,8,11H,6-7,9H2,1-2H3,(H,20,21,22). The molecule has 0 bridgehead atoms. The monoisotopic (exact) mass is 343 g/mol. The highest BCUT2D eigenvalue weighted by Crippen LogP contribution is 2.41. The van der Waals surface area contributed by atoms with E-state index in [2.05, 4.69) is 47.3 Å². The van der Waals surface area contributed by atoms with Crippen LogP contribution >= 0.6 is 22.9 Å². The Hall–Kier alpha value is -1.65. The summed E-state index contributed by atoms with van der Waals surface area (Å²) in [5, 5.41) is 4.91. The molecule has 0 aliphatic heterocycles. The second-order valence-corrected chi connectivity index (χ2v) is 7.79. The Labute approximate surface area is 144 Å². The summed E-state index contributed by atoms with van der Waals surface area (Å²) in [5.74, 6) is 1.57.